The summed E-state index contributed by atoms with van der Waals surface area (Å²) >= 11 is 6.03. The lowest BCUT2D eigenvalue weighted by Crippen LogP contribution is -2.45. The van der Waals surface area contributed by atoms with Crippen molar-refractivity contribution < 1.29 is 9.84 Å². The fourth-order valence-corrected chi connectivity index (χ4v) is 2.16. The van der Waals surface area contributed by atoms with E-state index >= 15 is 0 Å². The molecular formula is C12H15ClO2. The zero-order valence-electron chi connectivity index (χ0n) is 8.96. The Hall–Kier alpha value is -0.570. The third-order valence-electron chi connectivity index (χ3n) is 3.17. The van der Waals surface area contributed by atoms with Gasteiger partial charge < -0.3 is 9.84 Å². The lowest BCUT2D eigenvalue weighted by atomic mass is 9.73. The van der Waals surface area contributed by atoms with Crippen LogP contribution in [-0.2, 0) is 10.3 Å². The molecule has 0 bridgehead atoms. The Morgan fingerprint density at radius 3 is 2.67 bits per heavy atom. The van der Waals surface area contributed by atoms with Crippen LogP contribution in [0.3, 0.4) is 0 Å². The topological polar surface area (TPSA) is 29.5 Å². The monoisotopic (exact) mass is 226 g/mol. The van der Waals surface area contributed by atoms with Crippen LogP contribution in [0, 0.1) is 6.92 Å². The zero-order chi connectivity index (χ0) is 11.1. The van der Waals surface area contributed by atoms with Gasteiger partial charge in [0.2, 0.25) is 0 Å². The van der Waals surface area contributed by atoms with E-state index < -0.39 is 5.60 Å². The standard InChI is InChI=1S/C12H15ClO2/c1-8-3-4-9(5-11(8)13)12(14)6-10(7-12)15-2/h3-5,10,14H,6-7H2,1-2H3. The Morgan fingerprint density at radius 1 is 1.47 bits per heavy atom. The molecule has 0 atom stereocenters. The van der Waals surface area contributed by atoms with Gasteiger partial charge in [0, 0.05) is 25.0 Å². The summed E-state index contributed by atoms with van der Waals surface area (Å²) in [5, 5.41) is 11.0. The van der Waals surface area contributed by atoms with E-state index in [1.807, 2.05) is 25.1 Å². The van der Waals surface area contributed by atoms with Crippen molar-refractivity contribution in [3.8, 4) is 0 Å². The summed E-state index contributed by atoms with van der Waals surface area (Å²) in [6.07, 6.45) is 1.49. The van der Waals surface area contributed by atoms with E-state index in [2.05, 4.69) is 0 Å². The lowest BCUT2D eigenvalue weighted by Gasteiger charge is -2.43. The van der Waals surface area contributed by atoms with Crippen molar-refractivity contribution in [2.45, 2.75) is 31.5 Å². The summed E-state index contributed by atoms with van der Waals surface area (Å²) in [6.45, 7) is 1.95. The molecule has 1 fully saturated rings. The second kappa shape index (κ2) is 3.78. The lowest BCUT2D eigenvalue weighted by molar-refractivity contribution is -0.133. The number of aliphatic hydroxyl groups is 1. The minimum Gasteiger partial charge on any atom is -0.385 e. The summed E-state index contributed by atoms with van der Waals surface area (Å²) < 4.78 is 5.16. The minimum atomic E-state index is -0.738. The highest BCUT2D eigenvalue weighted by molar-refractivity contribution is 6.31. The minimum absolute atomic E-state index is 0.176. The van der Waals surface area contributed by atoms with Crippen LogP contribution < -0.4 is 0 Å². The number of ether oxygens (including phenoxy) is 1. The van der Waals surface area contributed by atoms with Crippen LogP contribution in [0.2, 0.25) is 5.02 Å². The van der Waals surface area contributed by atoms with Crippen LogP contribution in [-0.4, -0.2) is 18.3 Å². The van der Waals surface area contributed by atoms with E-state index in [4.69, 9.17) is 16.3 Å². The molecular weight excluding hydrogens is 212 g/mol. The second-order valence-electron chi connectivity index (χ2n) is 4.26. The van der Waals surface area contributed by atoms with Gasteiger partial charge in [0.05, 0.1) is 11.7 Å². The van der Waals surface area contributed by atoms with Crippen LogP contribution in [0.5, 0.6) is 0 Å². The number of hydrogen-bond donors (Lipinski definition) is 1. The normalized spacial score (nSPS) is 30.0. The molecule has 2 nitrogen and oxygen atoms in total. The molecule has 0 saturated heterocycles. The highest BCUT2D eigenvalue weighted by Crippen LogP contribution is 2.43. The summed E-state index contributed by atoms with van der Waals surface area (Å²) in [7, 11) is 1.67. The fraction of sp³-hybridized carbons (Fsp3) is 0.500. The molecule has 82 valence electrons. The Kier molecular flexibility index (Phi) is 2.75. The smallest absolute Gasteiger partial charge is 0.0946 e. The molecule has 0 amide bonds. The van der Waals surface area contributed by atoms with E-state index in [-0.39, 0.29) is 6.10 Å². The maximum atomic E-state index is 10.3. The summed E-state index contributed by atoms with van der Waals surface area (Å²) in [6, 6.07) is 5.73. The molecule has 1 N–H and O–H groups in total. The molecule has 1 aliphatic carbocycles. The van der Waals surface area contributed by atoms with Gasteiger partial charge in [-0.3, -0.25) is 0 Å². The van der Waals surface area contributed by atoms with Crippen molar-refractivity contribution in [3.63, 3.8) is 0 Å². The van der Waals surface area contributed by atoms with Gasteiger partial charge in [-0.25, -0.2) is 0 Å². The number of halogens is 1. The number of rotatable bonds is 2. The van der Waals surface area contributed by atoms with E-state index in [0.717, 1.165) is 11.1 Å². The third kappa shape index (κ3) is 1.89. The van der Waals surface area contributed by atoms with Crippen LogP contribution in [0.4, 0.5) is 0 Å². The Morgan fingerprint density at radius 2 is 2.13 bits per heavy atom. The second-order valence-corrected chi connectivity index (χ2v) is 4.67. The highest BCUT2D eigenvalue weighted by atomic mass is 35.5. The van der Waals surface area contributed by atoms with Crippen LogP contribution in [0.15, 0.2) is 18.2 Å². The fourth-order valence-electron chi connectivity index (χ4n) is 1.98. The average Bonchev–Trinajstić information content (AvgIpc) is 2.17. The van der Waals surface area contributed by atoms with Crippen molar-refractivity contribution >= 4 is 11.6 Å². The number of hydrogen-bond acceptors (Lipinski definition) is 2. The molecule has 1 saturated carbocycles. The van der Waals surface area contributed by atoms with E-state index in [1.54, 1.807) is 7.11 Å². The van der Waals surface area contributed by atoms with Gasteiger partial charge in [-0.05, 0) is 24.1 Å². The van der Waals surface area contributed by atoms with Gasteiger partial charge in [-0.1, -0.05) is 23.7 Å². The quantitative estimate of drug-likeness (QED) is 0.840. The van der Waals surface area contributed by atoms with Gasteiger partial charge in [0.15, 0.2) is 0 Å². The molecule has 15 heavy (non-hydrogen) atoms. The van der Waals surface area contributed by atoms with Crippen LogP contribution in [0.25, 0.3) is 0 Å². The average molecular weight is 227 g/mol. The maximum Gasteiger partial charge on any atom is 0.0946 e. The molecule has 1 aromatic rings. The van der Waals surface area contributed by atoms with Crippen molar-refractivity contribution in [2.75, 3.05) is 7.11 Å². The molecule has 3 heteroatoms. The van der Waals surface area contributed by atoms with Crippen LogP contribution >= 0.6 is 11.6 Å². The Bertz CT molecular complexity index is 370. The molecule has 0 radical (unpaired) electrons. The Labute approximate surface area is 94.8 Å². The third-order valence-corrected chi connectivity index (χ3v) is 3.58. The maximum absolute atomic E-state index is 10.3. The first-order valence-corrected chi connectivity index (χ1v) is 5.45. The highest BCUT2D eigenvalue weighted by Gasteiger charge is 2.44. The molecule has 2 rings (SSSR count). The van der Waals surface area contributed by atoms with Crippen molar-refractivity contribution in [3.05, 3.63) is 34.3 Å². The molecule has 0 aliphatic heterocycles. The zero-order valence-corrected chi connectivity index (χ0v) is 9.71. The number of aryl methyl sites for hydroxylation is 1. The number of methoxy groups -OCH3 is 1. The summed E-state index contributed by atoms with van der Waals surface area (Å²) in [4.78, 5) is 0. The molecule has 0 spiro atoms. The largest absolute Gasteiger partial charge is 0.385 e. The van der Waals surface area contributed by atoms with E-state index in [1.165, 1.54) is 0 Å². The molecule has 0 heterocycles. The summed E-state index contributed by atoms with van der Waals surface area (Å²) in [5.41, 5.74) is 1.19. The van der Waals surface area contributed by atoms with E-state index in [0.29, 0.717) is 17.9 Å². The van der Waals surface area contributed by atoms with Crippen LogP contribution in [0.1, 0.15) is 24.0 Å². The Balaban J connectivity index is 2.20. The van der Waals surface area contributed by atoms with Gasteiger partial charge in [0.1, 0.15) is 0 Å². The van der Waals surface area contributed by atoms with Crippen molar-refractivity contribution in [1.29, 1.82) is 0 Å². The molecule has 1 aliphatic rings. The first kappa shape index (κ1) is 10.9. The van der Waals surface area contributed by atoms with Gasteiger partial charge in [-0.15, -0.1) is 0 Å². The first-order valence-electron chi connectivity index (χ1n) is 5.07. The molecule has 0 aromatic heterocycles. The van der Waals surface area contributed by atoms with Crippen molar-refractivity contribution in [2.24, 2.45) is 0 Å². The molecule has 1 aromatic carbocycles. The predicted molar refractivity (Wildman–Crippen MR) is 60.1 cm³/mol. The van der Waals surface area contributed by atoms with Gasteiger partial charge in [0.25, 0.3) is 0 Å². The van der Waals surface area contributed by atoms with Crippen molar-refractivity contribution in [1.82, 2.24) is 0 Å². The predicted octanol–water partition coefficient (Wildman–Crippen LogP) is 2.64. The van der Waals surface area contributed by atoms with Gasteiger partial charge >= 0.3 is 0 Å². The first-order chi connectivity index (χ1) is 7.05. The molecule has 0 unspecified atom stereocenters. The SMILES string of the molecule is COC1CC(O)(c2ccc(C)c(Cl)c2)C1. The summed E-state index contributed by atoms with van der Waals surface area (Å²) in [5.74, 6) is 0. The van der Waals surface area contributed by atoms with Gasteiger partial charge in [-0.2, -0.15) is 0 Å². The van der Waals surface area contributed by atoms with E-state index in [9.17, 15) is 5.11 Å². The number of benzene rings is 1.